The lowest BCUT2D eigenvalue weighted by Gasteiger charge is -2.04. The van der Waals surface area contributed by atoms with Crippen LogP contribution in [-0.2, 0) is 6.42 Å². The summed E-state index contributed by atoms with van der Waals surface area (Å²) in [6.07, 6.45) is 0.896. The molecule has 0 saturated carbocycles. The first kappa shape index (κ1) is 8.99. The van der Waals surface area contributed by atoms with Crippen molar-refractivity contribution in [2.75, 3.05) is 0 Å². The molecule has 0 saturated heterocycles. The van der Waals surface area contributed by atoms with Crippen LogP contribution in [0.15, 0.2) is 41.4 Å². The Hall–Kier alpha value is -1.27. The van der Waals surface area contributed by atoms with E-state index in [2.05, 4.69) is 43.3 Å². The molecule has 0 amide bonds. The zero-order valence-corrected chi connectivity index (χ0v) is 9.31. The predicted octanol–water partition coefficient (Wildman–Crippen LogP) is 4.37. The SMILES string of the molecule is CC1=C(Cl)Cc2cc3ccccc3cc21. The van der Waals surface area contributed by atoms with Gasteiger partial charge in [0.15, 0.2) is 0 Å². The Morgan fingerprint density at radius 3 is 2.47 bits per heavy atom. The van der Waals surface area contributed by atoms with E-state index in [1.54, 1.807) is 0 Å². The van der Waals surface area contributed by atoms with Gasteiger partial charge in [0.2, 0.25) is 0 Å². The van der Waals surface area contributed by atoms with Crippen LogP contribution in [0.3, 0.4) is 0 Å². The molecule has 0 aliphatic heterocycles. The second-order valence-corrected chi connectivity index (χ2v) is 4.52. The fourth-order valence-electron chi connectivity index (χ4n) is 2.23. The van der Waals surface area contributed by atoms with Crippen molar-refractivity contribution in [3.63, 3.8) is 0 Å². The summed E-state index contributed by atoms with van der Waals surface area (Å²) in [5.41, 5.74) is 3.91. The first-order valence-corrected chi connectivity index (χ1v) is 5.51. The quantitative estimate of drug-likeness (QED) is 0.611. The molecular formula is C14H11Cl. The molecule has 0 nitrogen and oxygen atoms in total. The van der Waals surface area contributed by atoms with Gasteiger partial charge in [0.25, 0.3) is 0 Å². The number of hydrogen-bond donors (Lipinski definition) is 0. The Kier molecular flexibility index (Phi) is 1.86. The van der Waals surface area contributed by atoms with Crippen LogP contribution in [0.4, 0.5) is 0 Å². The topological polar surface area (TPSA) is 0 Å². The Balaban J connectivity index is 2.34. The summed E-state index contributed by atoms with van der Waals surface area (Å²) < 4.78 is 0. The van der Waals surface area contributed by atoms with Crippen LogP contribution in [0.1, 0.15) is 18.1 Å². The molecule has 15 heavy (non-hydrogen) atoms. The lowest BCUT2D eigenvalue weighted by atomic mass is 10.0. The maximum Gasteiger partial charge on any atom is 0.0260 e. The highest BCUT2D eigenvalue weighted by atomic mass is 35.5. The maximum absolute atomic E-state index is 6.18. The summed E-state index contributed by atoms with van der Waals surface area (Å²) in [7, 11) is 0. The third-order valence-corrected chi connectivity index (χ3v) is 3.55. The van der Waals surface area contributed by atoms with E-state index < -0.39 is 0 Å². The van der Waals surface area contributed by atoms with E-state index >= 15 is 0 Å². The molecule has 0 heterocycles. The second kappa shape index (κ2) is 3.11. The molecule has 0 fully saturated rings. The van der Waals surface area contributed by atoms with Crippen LogP contribution >= 0.6 is 11.6 Å². The van der Waals surface area contributed by atoms with Crippen LogP contribution in [0.5, 0.6) is 0 Å². The van der Waals surface area contributed by atoms with E-state index in [4.69, 9.17) is 11.6 Å². The standard InChI is InChI=1S/C14H11Cl/c1-9-13-7-11-5-3-2-4-10(11)6-12(13)8-14(9)15/h2-7H,8H2,1H3. The van der Waals surface area contributed by atoms with Crippen LogP contribution in [-0.4, -0.2) is 0 Å². The van der Waals surface area contributed by atoms with Gasteiger partial charge in [-0.25, -0.2) is 0 Å². The van der Waals surface area contributed by atoms with Gasteiger partial charge in [-0.1, -0.05) is 41.9 Å². The highest BCUT2D eigenvalue weighted by Crippen LogP contribution is 2.36. The minimum Gasteiger partial charge on any atom is -0.0885 e. The zero-order valence-electron chi connectivity index (χ0n) is 8.55. The number of fused-ring (bicyclic) bond motifs is 2. The molecule has 74 valence electrons. The summed E-state index contributed by atoms with van der Waals surface area (Å²) in [5.74, 6) is 0. The van der Waals surface area contributed by atoms with Gasteiger partial charge in [0.1, 0.15) is 0 Å². The minimum absolute atomic E-state index is 0.896. The van der Waals surface area contributed by atoms with Gasteiger partial charge >= 0.3 is 0 Å². The molecular weight excluding hydrogens is 204 g/mol. The predicted molar refractivity (Wildman–Crippen MR) is 66.1 cm³/mol. The average molecular weight is 215 g/mol. The van der Waals surface area contributed by atoms with Crippen molar-refractivity contribution < 1.29 is 0 Å². The molecule has 0 atom stereocenters. The fourth-order valence-corrected chi connectivity index (χ4v) is 2.47. The van der Waals surface area contributed by atoms with Gasteiger partial charge in [0.05, 0.1) is 0 Å². The third kappa shape index (κ3) is 1.29. The molecule has 0 bridgehead atoms. The number of rotatable bonds is 0. The molecule has 1 heteroatoms. The average Bonchev–Trinajstić information content (AvgIpc) is 2.52. The van der Waals surface area contributed by atoms with Gasteiger partial charge in [0, 0.05) is 11.5 Å². The largest absolute Gasteiger partial charge is 0.0885 e. The Morgan fingerprint density at radius 1 is 1.07 bits per heavy atom. The third-order valence-electron chi connectivity index (χ3n) is 3.13. The zero-order chi connectivity index (χ0) is 10.4. The van der Waals surface area contributed by atoms with Crippen molar-refractivity contribution >= 4 is 27.9 Å². The Bertz CT molecular complexity index is 579. The van der Waals surface area contributed by atoms with Crippen molar-refractivity contribution in [2.24, 2.45) is 0 Å². The normalized spacial score (nSPS) is 14.8. The van der Waals surface area contributed by atoms with E-state index in [0.717, 1.165) is 11.5 Å². The molecule has 3 rings (SSSR count). The van der Waals surface area contributed by atoms with Gasteiger partial charge in [-0.2, -0.15) is 0 Å². The highest BCUT2D eigenvalue weighted by Gasteiger charge is 2.17. The lowest BCUT2D eigenvalue weighted by molar-refractivity contribution is 1.30. The lowest BCUT2D eigenvalue weighted by Crippen LogP contribution is -1.84. The number of hydrogen-bond acceptors (Lipinski definition) is 0. The molecule has 2 aromatic rings. The van der Waals surface area contributed by atoms with Crippen LogP contribution in [0.2, 0.25) is 0 Å². The maximum atomic E-state index is 6.18. The molecule has 2 aromatic carbocycles. The highest BCUT2D eigenvalue weighted by molar-refractivity contribution is 6.33. The molecule has 0 N–H and O–H groups in total. The van der Waals surface area contributed by atoms with E-state index in [-0.39, 0.29) is 0 Å². The summed E-state index contributed by atoms with van der Waals surface area (Å²) in [6.45, 7) is 2.10. The van der Waals surface area contributed by atoms with Crippen LogP contribution in [0, 0.1) is 0 Å². The fraction of sp³-hybridized carbons (Fsp3) is 0.143. The first-order chi connectivity index (χ1) is 7.25. The first-order valence-electron chi connectivity index (χ1n) is 5.13. The van der Waals surface area contributed by atoms with Gasteiger partial charge in [-0.15, -0.1) is 0 Å². The minimum atomic E-state index is 0.896. The Morgan fingerprint density at radius 2 is 1.73 bits per heavy atom. The summed E-state index contributed by atoms with van der Waals surface area (Å²) in [4.78, 5) is 0. The van der Waals surface area contributed by atoms with Crippen molar-refractivity contribution in [1.82, 2.24) is 0 Å². The smallest absolute Gasteiger partial charge is 0.0260 e. The molecule has 0 radical (unpaired) electrons. The number of halogens is 1. The molecule has 0 unspecified atom stereocenters. The monoisotopic (exact) mass is 214 g/mol. The van der Waals surface area contributed by atoms with Crippen molar-refractivity contribution in [3.8, 4) is 0 Å². The van der Waals surface area contributed by atoms with Crippen LogP contribution in [0.25, 0.3) is 16.3 Å². The van der Waals surface area contributed by atoms with Gasteiger partial charge < -0.3 is 0 Å². The molecule has 0 aromatic heterocycles. The van der Waals surface area contributed by atoms with Crippen molar-refractivity contribution in [3.05, 3.63) is 52.6 Å². The number of allylic oxidation sites excluding steroid dienone is 2. The molecule has 1 aliphatic rings. The van der Waals surface area contributed by atoms with Crippen LogP contribution < -0.4 is 0 Å². The second-order valence-electron chi connectivity index (χ2n) is 4.06. The van der Waals surface area contributed by atoms with Gasteiger partial charge in [-0.05, 0) is 40.5 Å². The van der Waals surface area contributed by atoms with E-state index in [1.807, 2.05) is 0 Å². The summed E-state index contributed by atoms with van der Waals surface area (Å²) in [5, 5.41) is 3.58. The van der Waals surface area contributed by atoms with E-state index in [1.165, 1.54) is 27.5 Å². The molecule has 1 aliphatic carbocycles. The summed E-state index contributed by atoms with van der Waals surface area (Å²) >= 11 is 6.18. The van der Waals surface area contributed by atoms with E-state index in [0.29, 0.717) is 0 Å². The molecule has 0 spiro atoms. The number of benzene rings is 2. The van der Waals surface area contributed by atoms with Crippen molar-refractivity contribution in [2.45, 2.75) is 13.3 Å². The Labute approximate surface area is 94.2 Å². The summed E-state index contributed by atoms with van der Waals surface area (Å²) in [6, 6.07) is 12.9. The van der Waals surface area contributed by atoms with Gasteiger partial charge in [-0.3, -0.25) is 0 Å². The van der Waals surface area contributed by atoms with Crippen molar-refractivity contribution in [1.29, 1.82) is 0 Å². The van der Waals surface area contributed by atoms with E-state index in [9.17, 15) is 0 Å².